The molecule has 4 nitrogen and oxygen atoms in total. The highest BCUT2D eigenvalue weighted by Crippen LogP contribution is 2.29. The minimum absolute atomic E-state index is 0.0701. The predicted molar refractivity (Wildman–Crippen MR) is 90.5 cm³/mol. The highest BCUT2D eigenvalue weighted by atomic mass is 32.1. The smallest absolute Gasteiger partial charge is 0.355 e. The van der Waals surface area contributed by atoms with E-state index in [-0.39, 0.29) is 5.69 Å². The Bertz CT molecular complexity index is 853. The van der Waals surface area contributed by atoms with Gasteiger partial charge in [-0.05, 0) is 55.3 Å². The van der Waals surface area contributed by atoms with Crippen molar-refractivity contribution in [3.05, 3.63) is 64.7 Å². The number of benzene rings is 2. The highest BCUT2D eigenvalue weighted by molar-refractivity contribution is 7.13. The Hall–Kier alpha value is -2.66. The summed E-state index contributed by atoms with van der Waals surface area (Å²) in [5.74, 6) is 0.556. The van der Waals surface area contributed by atoms with Gasteiger partial charge in [-0.3, -0.25) is 0 Å². The predicted octanol–water partition coefficient (Wildman–Crippen LogP) is 4.92. The molecule has 0 atom stereocenters. The van der Waals surface area contributed by atoms with Crippen LogP contribution in [-0.4, -0.2) is 16.1 Å². The monoisotopic (exact) mass is 325 g/mol. The first-order valence-electron chi connectivity index (χ1n) is 7.07. The molecule has 0 radical (unpaired) electrons. The molecule has 0 spiro atoms. The third-order valence-electron chi connectivity index (χ3n) is 3.40. The van der Waals surface area contributed by atoms with E-state index in [0.29, 0.717) is 5.01 Å². The number of ether oxygens (including phenoxy) is 1. The van der Waals surface area contributed by atoms with Crippen LogP contribution >= 0.6 is 11.3 Å². The summed E-state index contributed by atoms with van der Waals surface area (Å²) in [5, 5.41) is 11.1. The summed E-state index contributed by atoms with van der Waals surface area (Å²) < 4.78 is 5.91. The summed E-state index contributed by atoms with van der Waals surface area (Å²) in [7, 11) is 0. The molecule has 0 saturated carbocycles. The molecule has 0 saturated heterocycles. The molecule has 0 aliphatic carbocycles. The van der Waals surface area contributed by atoms with Gasteiger partial charge in [0.2, 0.25) is 0 Å². The van der Waals surface area contributed by atoms with Crippen LogP contribution in [0.1, 0.15) is 21.6 Å². The van der Waals surface area contributed by atoms with Crippen LogP contribution in [0.4, 0.5) is 0 Å². The van der Waals surface area contributed by atoms with Crippen LogP contribution in [0.3, 0.4) is 0 Å². The van der Waals surface area contributed by atoms with Gasteiger partial charge in [0, 0.05) is 10.9 Å². The van der Waals surface area contributed by atoms with Crippen molar-refractivity contribution in [1.29, 1.82) is 0 Å². The Kier molecular flexibility index (Phi) is 4.12. The molecule has 3 rings (SSSR count). The average molecular weight is 325 g/mol. The number of aryl methyl sites for hydroxylation is 2. The number of thiazole rings is 1. The lowest BCUT2D eigenvalue weighted by Crippen LogP contribution is -1.95. The van der Waals surface area contributed by atoms with Gasteiger partial charge in [0.25, 0.3) is 0 Å². The van der Waals surface area contributed by atoms with Crippen molar-refractivity contribution in [1.82, 2.24) is 4.98 Å². The maximum atomic E-state index is 10.9. The van der Waals surface area contributed by atoms with E-state index in [9.17, 15) is 4.79 Å². The van der Waals surface area contributed by atoms with Gasteiger partial charge in [-0.1, -0.05) is 12.1 Å². The van der Waals surface area contributed by atoms with Gasteiger partial charge in [-0.15, -0.1) is 11.3 Å². The fourth-order valence-corrected chi connectivity index (χ4v) is 2.91. The molecule has 0 unspecified atom stereocenters. The molecule has 2 aromatic carbocycles. The van der Waals surface area contributed by atoms with Crippen molar-refractivity contribution in [2.75, 3.05) is 0 Å². The summed E-state index contributed by atoms with van der Waals surface area (Å²) in [6.45, 7) is 4.03. The van der Waals surface area contributed by atoms with Crippen LogP contribution < -0.4 is 4.74 Å². The molecule has 0 aliphatic heterocycles. The fourth-order valence-electron chi connectivity index (χ4n) is 2.11. The van der Waals surface area contributed by atoms with Crippen LogP contribution in [0.2, 0.25) is 0 Å². The first-order chi connectivity index (χ1) is 11.0. The van der Waals surface area contributed by atoms with E-state index in [1.165, 1.54) is 16.7 Å². The molecule has 5 heteroatoms. The molecule has 1 aromatic heterocycles. The molecule has 0 amide bonds. The molecular formula is C18H15NO3S. The van der Waals surface area contributed by atoms with E-state index in [1.807, 2.05) is 56.3 Å². The third-order valence-corrected chi connectivity index (χ3v) is 4.29. The first-order valence-corrected chi connectivity index (χ1v) is 7.95. The van der Waals surface area contributed by atoms with Gasteiger partial charge < -0.3 is 9.84 Å². The number of carboxylic acids is 1. The minimum Gasteiger partial charge on any atom is -0.476 e. The molecule has 0 aliphatic rings. The molecule has 3 aromatic rings. The van der Waals surface area contributed by atoms with E-state index in [1.54, 1.807) is 0 Å². The number of carbonyl (C=O) groups is 1. The number of carboxylic acid groups (broad SMARTS) is 1. The minimum atomic E-state index is -1.01. The topological polar surface area (TPSA) is 59.4 Å². The molecule has 0 fully saturated rings. The van der Waals surface area contributed by atoms with Crippen molar-refractivity contribution in [3.63, 3.8) is 0 Å². The Morgan fingerprint density at radius 1 is 1.13 bits per heavy atom. The number of hydrogen-bond acceptors (Lipinski definition) is 4. The zero-order chi connectivity index (χ0) is 16.4. The number of nitrogens with zero attached hydrogens (tertiary/aromatic N) is 1. The van der Waals surface area contributed by atoms with Crippen LogP contribution in [0, 0.1) is 13.8 Å². The Morgan fingerprint density at radius 2 is 1.87 bits per heavy atom. The molecule has 1 N–H and O–H groups in total. The Morgan fingerprint density at radius 3 is 2.52 bits per heavy atom. The lowest BCUT2D eigenvalue weighted by atomic mass is 10.1. The number of rotatable bonds is 4. The lowest BCUT2D eigenvalue weighted by molar-refractivity contribution is 0.0691. The van der Waals surface area contributed by atoms with Crippen LogP contribution in [0.5, 0.6) is 11.5 Å². The van der Waals surface area contributed by atoms with Crippen molar-refractivity contribution in [2.45, 2.75) is 13.8 Å². The number of hydrogen-bond donors (Lipinski definition) is 1. The summed E-state index contributed by atoms with van der Waals surface area (Å²) in [4.78, 5) is 15.0. The maximum Gasteiger partial charge on any atom is 0.355 e. The normalized spacial score (nSPS) is 10.5. The summed E-state index contributed by atoms with van der Waals surface area (Å²) >= 11 is 1.31. The maximum absolute atomic E-state index is 10.9. The van der Waals surface area contributed by atoms with E-state index in [4.69, 9.17) is 9.84 Å². The van der Waals surface area contributed by atoms with Crippen molar-refractivity contribution in [3.8, 4) is 22.1 Å². The van der Waals surface area contributed by atoms with E-state index in [0.717, 1.165) is 28.2 Å². The van der Waals surface area contributed by atoms with Gasteiger partial charge in [0.1, 0.15) is 16.5 Å². The summed E-state index contributed by atoms with van der Waals surface area (Å²) in [6, 6.07) is 13.6. The third kappa shape index (κ3) is 3.40. The molecule has 1 heterocycles. The highest BCUT2D eigenvalue weighted by Gasteiger charge is 2.10. The quantitative estimate of drug-likeness (QED) is 0.740. The SMILES string of the molecule is Cc1ccc(C)c(Oc2ccc(-c3nc(C(=O)O)cs3)cc2)c1. The van der Waals surface area contributed by atoms with Gasteiger partial charge in [-0.2, -0.15) is 0 Å². The number of aromatic nitrogens is 1. The van der Waals surface area contributed by atoms with Crippen molar-refractivity contribution < 1.29 is 14.6 Å². The van der Waals surface area contributed by atoms with Crippen molar-refractivity contribution >= 4 is 17.3 Å². The summed E-state index contributed by atoms with van der Waals surface area (Å²) in [5.41, 5.74) is 3.16. The van der Waals surface area contributed by atoms with Gasteiger partial charge in [0.05, 0.1) is 0 Å². The second kappa shape index (κ2) is 6.22. The van der Waals surface area contributed by atoms with Crippen LogP contribution in [0.15, 0.2) is 47.8 Å². The fraction of sp³-hybridized carbons (Fsp3) is 0.111. The molecule has 23 heavy (non-hydrogen) atoms. The average Bonchev–Trinajstić information content (AvgIpc) is 3.02. The standard InChI is InChI=1S/C18H15NO3S/c1-11-3-4-12(2)16(9-11)22-14-7-5-13(6-8-14)17-19-15(10-23-17)18(20)21/h3-10H,1-2H3,(H,20,21). The zero-order valence-electron chi connectivity index (χ0n) is 12.7. The van der Waals surface area contributed by atoms with E-state index < -0.39 is 5.97 Å². The van der Waals surface area contributed by atoms with Crippen LogP contribution in [-0.2, 0) is 0 Å². The van der Waals surface area contributed by atoms with E-state index in [2.05, 4.69) is 4.98 Å². The van der Waals surface area contributed by atoms with Crippen molar-refractivity contribution in [2.24, 2.45) is 0 Å². The van der Waals surface area contributed by atoms with Gasteiger partial charge in [0.15, 0.2) is 5.69 Å². The zero-order valence-corrected chi connectivity index (χ0v) is 13.6. The van der Waals surface area contributed by atoms with Crippen LogP contribution in [0.25, 0.3) is 10.6 Å². The molecule has 0 bridgehead atoms. The molecular weight excluding hydrogens is 310 g/mol. The van der Waals surface area contributed by atoms with Gasteiger partial charge in [-0.25, -0.2) is 9.78 Å². The molecule has 116 valence electrons. The second-order valence-corrected chi connectivity index (χ2v) is 6.10. The number of aromatic carboxylic acids is 1. The van der Waals surface area contributed by atoms with E-state index >= 15 is 0 Å². The summed E-state index contributed by atoms with van der Waals surface area (Å²) in [6.07, 6.45) is 0. The Balaban J connectivity index is 1.81. The lowest BCUT2D eigenvalue weighted by Gasteiger charge is -2.09. The second-order valence-electron chi connectivity index (χ2n) is 5.24. The van der Waals surface area contributed by atoms with Gasteiger partial charge >= 0.3 is 5.97 Å². The largest absolute Gasteiger partial charge is 0.476 e. The Labute approximate surface area is 138 Å². The first kappa shape index (κ1) is 15.2.